The summed E-state index contributed by atoms with van der Waals surface area (Å²) in [6.45, 7) is 2.39. The van der Waals surface area contributed by atoms with Gasteiger partial charge in [0.1, 0.15) is 18.6 Å². The van der Waals surface area contributed by atoms with Crippen LogP contribution in [0.4, 0.5) is 0 Å². The van der Waals surface area contributed by atoms with Crippen LogP contribution in [0.2, 0.25) is 0 Å². The fourth-order valence-corrected chi connectivity index (χ4v) is 4.83. The first kappa shape index (κ1) is 20.0. The molecular formula is C24H25N5O4. The maximum absolute atomic E-state index is 10.3. The standard InChI is InChI=1S/C24H25N5O4/c1-16-12-28(15-26-16)19-4-3-17(10-20(19)31-2)9-18-11-23(5-6-23)13-29-21(18)27-33-24(29,14-30)22-25-7-8-32-22/h3-4,7-10,12,15,30H,5-6,11,13-14H2,1-2H3/b18-9+. The van der Waals surface area contributed by atoms with Crippen LogP contribution in [0.15, 0.2) is 58.3 Å². The number of oxazole rings is 1. The molecule has 6 rings (SSSR count). The molecule has 1 saturated carbocycles. The van der Waals surface area contributed by atoms with E-state index in [1.165, 1.54) is 6.26 Å². The summed E-state index contributed by atoms with van der Waals surface area (Å²) in [5, 5.41) is 14.7. The Morgan fingerprint density at radius 2 is 2.15 bits per heavy atom. The number of aliphatic hydroxyl groups excluding tert-OH is 1. The molecule has 1 N–H and O–H groups in total. The van der Waals surface area contributed by atoms with Crippen molar-refractivity contribution in [1.29, 1.82) is 0 Å². The highest BCUT2D eigenvalue weighted by Gasteiger charge is 2.59. The molecule has 1 saturated heterocycles. The van der Waals surface area contributed by atoms with E-state index in [2.05, 4.69) is 27.3 Å². The van der Waals surface area contributed by atoms with Crippen LogP contribution in [0.25, 0.3) is 11.8 Å². The van der Waals surface area contributed by atoms with E-state index in [9.17, 15) is 5.11 Å². The lowest BCUT2D eigenvalue weighted by molar-refractivity contribution is -0.156. The molecule has 4 heterocycles. The molecule has 0 bridgehead atoms. The molecule has 33 heavy (non-hydrogen) atoms. The van der Waals surface area contributed by atoms with Gasteiger partial charge in [-0.1, -0.05) is 11.2 Å². The smallest absolute Gasteiger partial charge is 0.310 e. The Morgan fingerprint density at radius 3 is 2.82 bits per heavy atom. The molecule has 2 aliphatic heterocycles. The molecule has 9 nitrogen and oxygen atoms in total. The first-order chi connectivity index (χ1) is 16.1. The molecular weight excluding hydrogens is 422 g/mol. The van der Waals surface area contributed by atoms with Gasteiger partial charge in [0.15, 0.2) is 5.84 Å². The summed E-state index contributed by atoms with van der Waals surface area (Å²) in [5.74, 6) is 1.78. The summed E-state index contributed by atoms with van der Waals surface area (Å²) in [5.41, 5.74) is 2.86. The Hall–Kier alpha value is -3.59. The molecule has 1 spiro atoms. The average molecular weight is 447 g/mol. The van der Waals surface area contributed by atoms with Gasteiger partial charge < -0.3 is 28.6 Å². The number of imidazole rings is 1. The van der Waals surface area contributed by atoms with Crippen LogP contribution in [-0.2, 0) is 10.6 Å². The monoisotopic (exact) mass is 447 g/mol. The molecule has 3 aromatic rings. The molecule has 2 fully saturated rings. The van der Waals surface area contributed by atoms with Gasteiger partial charge >= 0.3 is 5.72 Å². The molecule has 1 unspecified atom stereocenters. The lowest BCUT2D eigenvalue weighted by atomic mass is 9.87. The number of hydrogen-bond acceptors (Lipinski definition) is 8. The van der Waals surface area contributed by atoms with Crippen molar-refractivity contribution in [3.05, 3.63) is 65.9 Å². The summed E-state index contributed by atoms with van der Waals surface area (Å²) in [7, 11) is 1.67. The molecule has 1 atom stereocenters. The van der Waals surface area contributed by atoms with E-state index in [0.717, 1.165) is 54.1 Å². The summed E-state index contributed by atoms with van der Waals surface area (Å²) >= 11 is 0. The number of hydrogen-bond donors (Lipinski definition) is 1. The van der Waals surface area contributed by atoms with Crippen LogP contribution in [0.5, 0.6) is 5.75 Å². The lowest BCUT2D eigenvalue weighted by Crippen LogP contribution is -2.54. The number of oxime groups is 1. The van der Waals surface area contributed by atoms with Gasteiger partial charge in [-0.05, 0) is 60.9 Å². The van der Waals surface area contributed by atoms with Gasteiger partial charge in [-0.2, -0.15) is 0 Å². The Kier molecular flexibility index (Phi) is 4.38. The van der Waals surface area contributed by atoms with Crippen molar-refractivity contribution in [1.82, 2.24) is 19.4 Å². The van der Waals surface area contributed by atoms with Gasteiger partial charge in [-0.15, -0.1) is 0 Å². The van der Waals surface area contributed by atoms with Crippen LogP contribution in [0, 0.1) is 12.3 Å². The number of ether oxygens (including phenoxy) is 1. The van der Waals surface area contributed by atoms with Crippen molar-refractivity contribution in [3.8, 4) is 11.4 Å². The Morgan fingerprint density at radius 1 is 1.27 bits per heavy atom. The van der Waals surface area contributed by atoms with E-state index in [1.54, 1.807) is 19.6 Å². The lowest BCUT2D eigenvalue weighted by Gasteiger charge is -2.40. The first-order valence-electron chi connectivity index (χ1n) is 11.0. The van der Waals surface area contributed by atoms with Crippen LogP contribution >= 0.6 is 0 Å². The molecule has 9 heteroatoms. The predicted octanol–water partition coefficient (Wildman–Crippen LogP) is 3.24. The topological polar surface area (TPSA) is 98.1 Å². The molecule has 3 aliphatic rings. The summed E-state index contributed by atoms with van der Waals surface area (Å²) < 4.78 is 13.2. The van der Waals surface area contributed by atoms with Crippen molar-refractivity contribution in [2.45, 2.75) is 31.9 Å². The third-order valence-corrected chi connectivity index (χ3v) is 6.79. The van der Waals surface area contributed by atoms with Gasteiger partial charge in [0.2, 0.25) is 0 Å². The van der Waals surface area contributed by atoms with Crippen LogP contribution in [-0.4, -0.2) is 50.6 Å². The van der Waals surface area contributed by atoms with Crippen molar-refractivity contribution in [2.75, 3.05) is 20.3 Å². The number of aryl methyl sites for hydroxylation is 1. The number of nitrogens with zero attached hydrogens (tertiary/aromatic N) is 5. The molecule has 0 radical (unpaired) electrons. The number of rotatable bonds is 5. The third kappa shape index (κ3) is 3.14. The van der Waals surface area contributed by atoms with Crippen molar-refractivity contribution in [2.24, 2.45) is 10.6 Å². The summed E-state index contributed by atoms with van der Waals surface area (Å²) in [4.78, 5) is 16.4. The van der Waals surface area contributed by atoms with E-state index in [4.69, 9.17) is 14.0 Å². The molecule has 1 aliphatic carbocycles. The highest BCUT2D eigenvalue weighted by Crippen LogP contribution is 2.57. The quantitative estimate of drug-likeness (QED) is 0.641. The number of amidine groups is 1. The van der Waals surface area contributed by atoms with E-state index in [-0.39, 0.29) is 12.0 Å². The Bertz CT molecular complexity index is 1260. The normalized spacial score (nSPS) is 24.0. The number of fused-ring (bicyclic) bond motifs is 1. The minimum atomic E-state index is -1.23. The maximum Gasteiger partial charge on any atom is 0.310 e. The fraction of sp³-hybridized carbons (Fsp3) is 0.375. The van der Waals surface area contributed by atoms with E-state index in [0.29, 0.717) is 11.7 Å². The highest BCUT2D eigenvalue weighted by atomic mass is 16.7. The minimum absolute atomic E-state index is 0.157. The zero-order valence-corrected chi connectivity index (χ0v) is 18.6. The van der Waals surface area contributed by atoms with E-state index < -0.39 is 5.72 Å². The number of aliphatic hydroxyl groups is 1. The number of methoxy groups -OCH3 is 1. The number of piperidine rings is 1. The average Bonchev–Trinajstić information content (AvgIpc) is 3.24. The second kappa shape index (κ2) is 7.21. The first-order valence-corrected chi connectivity index (χ1v) is 11.0. The van der Waals surface area contributed by atoms with Gasteiger partial charge in [-0.25, -0.2) is 9.97 Å². The van der Waals surface area contributed by atoms with Gasteiger partial charge in [0, 0.05) is 12.7 Å². The van der Waals surface area contributed by atoms with Crippen molar-refractivity contribution >= 4 is 11.9 Å². The van der Waals surface area contributed by atoms with E-state index in [1.807, 2.05) is 34.7 Å². The summed E-state index contributed by atoms with van der Waals surface area (Å²) in [6.07, 6.45) is 12.1. The highest BCUT2D eigenvalue weighted by molar-refractivity contribution is 6.04. The van der Waals surface area contributed by atoms with Crippen molar-refractivity contribution < 1.29 is 19.1 Å². The minimum Gasteiger partial charge on any atom is -0.495 e. The predicted molar refractivity (Wildman–Crippen MR) is 120 cm³/mol. The molecule has 1 aromatic carbocycles. The summed E-state index contributed by atoms with van der Waals surface area (Å²) in [6, 6.07) is 6.10. The van der Waals surface area contributed by atoms with Gasteiger partial charge in [-0.3, -0.25) is 0 Å². The number of aromatic nitrogens is 3. The molecule has 170 valence electrons. The largest absolute Gasteiger partial charge is 0.495 e. The van der Waals surface area contributed by atoms with Crippen LogP contribution in [0.1, 0.15) is 36.4 Å². The molecule has 0 amide bonds. The second-order valence-electron chi connectivity index (χ2n) is 9.07. The van der Waals surface area contributed by atoms with Crippen molar-refractivity contribution in [3.63, 3.8) is 0 Å². The van der Waals surface area contributed by atoms with E-state index >= 15 is 0 Å². The maximum atomic E-state index is 10.3. The zero-order valence-electron chi connectivity index (χ0n) is 18.6. The van der Waals surface area contributed by atoms with Gasteiger partial charge in [0.25, 0.3) is 5.89 Å². The second-order valence-corrected chi connectivity index (χ2v) is 9.07. The number of benzene rings is 1. The van der Waals surface area contributed by atoms with Crippen LogP contribution in [0.3, 0.4) is 0 Å². The third-order valence-electron chi connectivity index (χ3n) is 6.79. The Labute approximate surface area is 191 Å². The van der Waals surface area contributed by atoms with Crippen LogP contribution < -0.4 is 4.74 Å². The molecule has 2 aromatic heterocycles. The fourth-order valence-electron chi connectivity index (χ4n) is 4.83. The SMILES string of the molecule is COc1cc(/C=C2\CC3(CC3)CN3C2=NOC3(CO)c2ncco2)ccc1-n1cnc(C)c1. The zero-order chi connectivity index (χ0) is 22.6. The Balaban J connectivity index is 1.38. The van der Waals surface area contributed by atoms with Gasteiger partial charge in [0.05, 0.1) is 31.0 Å².